The Balaban J connectivity index is 0.00000289. The van der Waals surface area contributed by atoms with Crippen LogP contribution in [0.15, 0.2) is 12.7 Å². The van der Waals surface area contributed by atoms with Crippen molar-refractivity contribution in [3.63, 3.8) is 0 Å². The van der Waals surface area contributed by atoms with Gasteiger partial charge >= 0.3 is 0 Å². The molecule has 18 heavy (non-hydrogen) atoms. The molecule has 1 heterocycles. The molecular weight excluding hydrogens is 276 g/mol. The van der Waals surface area contributed by atoms with Crippen LogP contribution in [-0.2, 0) is 14.6 Å². The van der Waals surface area contributed by atoms with Crippen molar-refractivity contribution in [3.05, 3.63) is 12.7 Å². The first-order valence-electron chi connectivity index (χ1n) is 5.73. The van der Waals surface area contributed by atoms with E-state index in [4.69, 9.17) is 5.73 Å². The van der Waals surface area contributed by atoms with E-state index in [1.807, 2.05) is 0 Å². The van der Waals surface area contributed by atoms with E-state index in [1.165, 1.54) is 0 Å². The Hall–Kier alpha value is -0.590. The lowest BCUT2D eigenvalue weighted by atomic mass is 10.1. The van der Waals surface area contributed by atoms with Gasteiger partial charge in [0.2, 0.25) is 5.91 Å². The number of hydrogen-bond acceptors (Lipinski definition) is 4. The van der Waals surface area contributed by atoms with Gasteiger partial charge in [0, 0.05) is 25.0 Å². The number of hydrogen-bond donors (Lipinski definition) is 1. The molecule has 0 aliphatic carbocycles. The van der Waals surface area contributed by atoms with Crippen molar-refractivity contribution < 1.29 is 13.2 Å². The summed E-state index contributed by atoms with van der Waals surface area (Å²) < 4.78 is 22.8. The number of nitrogens with zero attached hydrogens (tertiary/aromatic N) is 1. The maximum Gasteiger partial charge on any atom is 0.227 e. The van der Waals surface area contributed by atoms with Gasteiger partial charge in [-0.2, -0.15) is 0 Å². The Morgan fingerprint density at radius 2 is 2.22 bits per heavy atom. The largest absolute Gasteiger partial charge is 0.335 e. The summed E-state index contributed by atoms with van der Waals surface area (Å²) in [5.74, 6) is -0.146. The molecule has 1 saturated heterocycles. The van der Waals surface area contributed by atoms with E-state index in [-0.39, 0.29) is 48.3 Å². The summed E-state index contributed by atoms with van der Waals surface area (Å²) in [7, 11) is -2.98. The molecular formula is C11H21ClN2O3S. The molecule has 2 unspecified atom stereocenters. The van der Waals surface area contributed by atoms with E-state index in [9.17, 15) is 13.2 Å². The van der Waals surface area contributed by atoms with E-state index < -0.39 is 9.84 Å². The predicted molar refractivity (Wildman–Crippen MR) is 74.4 cm³/mol. The Bertz CT molecular complexity index is 397. The summed E-state index contributed by atoms with van der Waals surface area (Å²) in [5, 5.41) is 0. The molecule has 1 rings (SSSR count). The first-order valence-corrected chi connectivity index (χ1v) is 7.55. The van der Waals surface area contributed by atoms with Gasteiger partial charge in [0.15, 0.2) is 9.84 Å². The lowest BCUT2D eigenvalue weighted by Gasteiger charge is -2.29. The molecule has 2 atom stereocenters. The summed E-state index contributed by atoms with van der Waals surface area (Å²) in [6.07, 6.45) is 2.13. The van der Waals surface area contributed by atoms with Gasteiger partial charge in [0.25, 0.3) is 0 Å². The van der Waals surface area contributed by atoms with Gasteiger partial charge < -0.3 is 10.6 Å². The molecule has 1 aliphatic heterocycles. The average molecular weight is 297 g/mol. The second-order valence-corrected chi connectivity index (χ2v) is 6.70. The Labute approximate surface area is 115 Å². The van der Waals surface area contributed by atoms with Gasteiger partial charge in [-0.15, -0.1) is 19.0 Å². The lowest BCUT2D eigenvalue weighted by molar-refractivity contribution is -0.135. The Kier molecular flexibility index (Phi) is 6.88. The second-order valence-electron chi connectivity index (χ2n) is 4.47. The van der Waals surface area contributed by atoms with E-state index in [2.05, 4.69) is 6.58 Å². The van der Waals surface area contributed by atoms with Gasteiger partial charge in [0.05, 0.1) is 11.5 Å². The highest BCUT2D eigenvalue weighted by atomic mass is 35.5. The van der Waals surface area contributed by atoms with Crippen LogP contribution in [0.2, 0.25) is 0 Å². The summed E-state index contributed by atoms with van der Waals surface area (Å²) in [4.78, 5) is 13.7. The lowest BCUT2D eigenvalue weighted by Crippen LogP contribution is -2.45. The topological polar surface area (TPSA) is 80.5 Å². The monoisotopic (exact) mass is 296 g/mol. The molecule has 0 aromatic rings. The maximum atomic E-state index is 12.1. The summed E-state index contributed by atoms with van der Waals surface area (Å²) in [6.45, 7) is 6.00. The minimum absolute atomic E-state index is 0. The Morgan fingerprint density at radius 1 is 1.61 bits per heavy atom. The average Bonchev–Trinajstić information content (AvgIpc) is 2.64. The van der Waals surface area contributed by atoms with Gasteiger partial charge in [-0.25, -0.2) is 8.42 Å². The molecule has 0 bridgehead atoms. The molecule has 1 fully saturated rings. The normalized spacial score (nSPS) is 22.9. The summed E-state index contributed by atoms with van der Waals surface area (Å²) in [5.41, 5.74) is 5.47. The molecule has 1 amide bonds. The smallest absolute Gasteiger partial charge is 0.227 e. The molecule has 0 aromatic heterocycles. The third-order valence-corrected chi connectivity index (χ3v) is 4.78. The molecule has 5 nitrogen and oxygen atoms in total. The fourth-order valence-corrected chi connectivity index (χ4v) is 3.69. The number of halogens is 1. The van der Waals surface area contributed by atoms with Crippen LogP contribution in [0.3, 0.4) is 0 Å². The zero-order valence-corrected chi connectivity index (χ0v) is 12.2. The van der Waals surface area contributed by atoms with Crippen molar-refractivity contribution >= 4 is 28.2 Å². The first kappa shape index (κ1) is 17.4. The fourth-order valence-electron chi connectivity index (χ4n) is 1.96. The number of carbonyl (C=O) groups excluding carboxylic acids is 1. The minimum atomic E-state index is -2.98. The van der Waals surface area contributed by atoms with Crippen molar-refractivity contribution in [1.82, 2.24) is 4.90 Å². The van der Waals surface area contributed by atoms with Crippen LogP contribution in [0, 0.1) is 5.92 Å². The van der Waals surface area contributed by atoms with Crippen LogP contribution >= 0.6 is 12.4 Å². The standard InChI is InChI=1S/C11H20N2O3S.ClH/c1-3-5-13(11(14)9(2)7-12)10-4-6-17(15,16)8-10;/h3,9-10H,1,4-8,12H2,2H3;1H. The van der Waals surface area contributed by atoms with Crippen molar-refractivity contribution in [2.24, 2.45) is 11.7 Å². The number of rotatable bonds is 5. The summed E-state index contributed by atoms with van der Waals surface area (Å²) in [6, 6.07) is -0.223. The van der Waals surface area contributed by atoms with Gasteiger partial charge in [-0.05, 0) is 6.42 Å². The number of carbonyl (C=O) groups is 1. The highest BCUT2D eigenvalue weighted by Crippen LogP contribution is 2.19. The number of nitrogens with two attached hydrogens (primary N) is 1. The van der Waals surface area contributed by atoms with Crippen LogP contribution in [0.5, 0.6) is 0 Å². The molecule has 0 saturated carbocycles. The zero-order valence-electron chi connectivity index (χ0n) is 10.5. The summed E-state index contributed by atoms with van der Waals surface area (Å²) >= 11 is 0. The molecule has 0 radical (unpaired) electrons. The van der Waals surface area contributed by atoms with Crippen molar-refractivity contribution in [3.8, 4) is 0 Å². The van der Waals surface area contributed by atoms with Gasteiger partial charge in [-0.3, -0.25) is 4.79 Å². The van der Waals surface area contributed by atoms with Crippen molar-refractivity contribution in [2.45, 2.75) is 19.4 Å². The SMILES string of the molecule is C=CCN(C(=O)C(C)CN)C1CCS(=O)(=O)C1.Cl. The number of sulfone groups is 1. The van der Waals surface area contributed by atoms with Crippen LogP contribution in [0.1, 0.15) is 13.3 Å². The predicted octanol–water partition coefficient (Wildman–Crippen LogP) is 0.205. The van der Waals surface area contributed by atoms with Crippen molar-refractivity contribution in [1.29, 1.82) is 0 Å². The molecule has 7 heteroatoms. The van der Waals surface area contributed by atoms with Gasteiger partial charge in [0.1, 0.15) is 0 Å². The third-order valence-electron chi connectivity index (χ3n) is 3.03. The first-order chi connectivity index (χ1) is 7.91. The molecule has 0 aromatic carbocycles. The van der Waals surface area contributed by atoms with Crippen LogP contribution in [0.25, 0.3) is 0 Å². The van der Waals surface area contributed by atoms with E-state index >= 15 is 0 Å². The van der Waals surface area contributed by atoms with Crippen LogP contribution in [0.4, 0.5) is 0 Å². The van der Waals surface area contributed by atoms with E-state index in [0.717, 1.165) is 0 Å². The second kappa shape index (κ2) is 7.11. The quantitative estimate of drug-likeness (QED) is 0.735. The third kappa shape index (κ3) is 4.26. The zero-order chi connectivity index (χ0) is 13.1. The highest BCUT2D eigenvalue weighted by Gasteiger charge is 2.35. The molecule has 0 spiro atoms. The molecule has 2 N–H and O–H groups in total. The van der Waals surface area contributed by atoms with E-state index in [0.29, 0.717) is 13.0 Å². The molecule has 1 aliphatic rings. The van der Waals surface area contributed by atoms with Crippen LogP contribution < -0.4 is 5.73 Å². The number of amides is 1. The van der Waals surface area contributed by atoms with Gasteiger partial charge in [-0.1, -0.05) is 13.0 Å². The fraction of sp³-hybridized carbons (Fsp3) is 0.727. The van der Waals surface area contributed by atoms with E-state index in [1.54, 1.807) is 17.9 Å². The Morgan fingerprint density at radius 3 is 2.61 bits per heavy atom. The molecule has 106 valence electrons. The maximum absolute atomic E-state index is 12.1. The van der Waals surface area contributed by atoms with Crippen molar-refractivity contribution in [2.75, 3.05) is 24.6 Å². The minimum Gasteiger partial charge on any atom is -0.335 e. The highest BCUT2D eigenvalue weighted by molar-refractivity contribution is 7.91. The van der Waals surface area contributed by atoms with Crippen LogP contribution in [-0.4, -0.2) is 49.9 Å².